The van der Waals surface area contributed by atoms with Crippen LogP contribution in [0.5, 0.6) is 5.75 Å². The van der Waals surface area contributed by atoms with Gasteiger partial charge in [0.05, 0.1) is 34.3 Å². The van der Waals surface area contributed by atoms with Crippen molar-refractivity contribution < 1.29 is 22.7 Å². The number of anilines is 1. The number of halogens is 1. The zero-order valence-corrected chi connectivity index (χ0v) is 21.7. The molecule has 182 valence electrons. The van der Waals surface area contributed by atoms with E-state index in [-0.39, 0.29) is 16.2 Å². The molecular formula is C22H24ClN3O5S3. The van der Waals surface area contributed by atoms with Gasteiger partial charge in [-0.1, -0.05) is 22.9 Å². The monoisotopic (exact) mass is 541 g/mol. The summed E-state index contributed by atoms with van der Waals surface area (Å²) < 4.78 is 40.5. The van der Waals surface area contributed by atoms with E-state index in [0.717, 1.165) is 34.4 Å². The van der Waals surface area contributed by atoms with Crippen LogP contribution in [-0.4, -0.2) is 62.6 Å². The summed E-state index contributed by atoms with van der Waals surface area (Å²) >= 11 is 8.38. The van der Waals surface area contributed by atoms with E-state index in [0.29, 0.717) is 47.8 Å². The molecule has 12 heteroatoms. The highest BCUT2D eigenvalue weighted by atomic mass is 35.5. The summed E-state index contributed by atoms with van der Waals surface area (Å²) in [5.74, 6) is 0.438. The van der Waals surface area contributed by atoms with Gasteiger partial charge in [-0.25, -0.2) is 13.4 Å². The molecule has 3 aromatic rings. The molecule has 2 saturated heterocycles. The summed E-state index contributed by atoms with van der Waals surface area (Å²) in [4.78, 5) is 20.2. The number of carbonyl (C=O) groups excluding carboxylic acids is 1. The van der Waals surface area contributed by atoms with Crippen molar-refractivity contribution in [3.05, 3.63) is 34.7 Å². The molecule has 1 amide bonds. The fraction of sp³-hybridized carbons (Fsp3) is 0.455. The third-order valence-electron chi connectivity index (χ3n) is 6.09. The average molecular weight is 542 g/mol. The molecule has 0 N–H and O–H groups in total. The van der Waals surface area contributed by atoms with Crippen molar-refractivity contribution in [2.45, 2.75) is 42.0 Å². The second-order valence-electron chi connectivity index (χ2n) is 8.25. The topological polar surface area (TPSA) is 89.0 Å². The summed E-state index contributed by atoms with van der Waals surface area (Å²) in [7, 11) is -2.23. The minimum atomic E-state index is -3.83. The van der Waals surface area contributed by atoms with E-state index >= 15 is 0 Å². The Morgan fingerprint density at radius 1 is 1.26 bits per heavy atom. The Kier molecular flexibility index (Phi) is 6.84. The molecule has 2 aliphatic heterocycles. The molecule has 2 aliphatic rings. The Hall–Kier alpha value is -1.76. The van der Waals surface area contributed by atoms with Crippen molar-refractivity contribution in [2.24, 2.45) is 0 Å². The molecule has 2 unspecified atom stereocenters. The van der Waals surface area contributed by atoms with E-state index in [9.17, 15) is 13.2 Å². The molecule has 5 rings (SSSR count). The molecule has 0 spiro atoms. The molecule has 4 heterocycles. The number of methoxy groups -OCH3 is 1. The van der Waals surface area contributed by atoms with Gasteiger partial charge < -0.3 is 9.47 Å². The van der Waals surface area contributed by atoms with Gasteiger partial charge in [-0.3, -0.25) is 9.69 Å². The van der Waals surface area contributed by atoms with E-state index in [2.05, 4.69) is 0 Å². The van der Waals surface area contributed by atoms with Gasteiger partial charge in [-0.05, 0) is 56.0 Å². The second-order valence-corrected chi connectivity index (χ2v) is 13.1. The third kappa shape index (κ3) is 4.57. The van der Waals surface area contributed by atoms with E-state index in [1.54, 1.807) is 18.1 Å². The van der Waals surface area contributed by atoms with Crippen LogP contribution in [0.3, 0.4) is 0 Å². The fourth-order valence-electron chi connectivity index (χ4n) is 4.40. The zero-order valence-electron chi connectivity index (χ0n) is 18.5. The average Bonchev–Trinajstić information content (AvgIpc) is 3.62. The zero-order chi connectivity index (χ0) is 23.9. The lowest BCUT2D eigenvalue weighted by atomic mass is 10.2. The Labute approximate surface area is 211 Å². The molecule has 2 aromatic heterocycles. The maximum absolute atomic E-state index is 13.9. The molecule has 2 atom stereocenters. The number of thiazole rings is 1. The second kappa shape index (κ2) is 9.71. The molecule has 0 aliphatic carbocycles. The quantitative estimate of drug-likeness (QED) is 0.441. The van der Waals surface area contributed by atoms with E-state index in [4.69, 9.17) is 26.1 Å². The Morgan fingerprint density at radius 3 is 2.82 bits per heavy atom. The molecule has 0 saturated carbocycles. The van der Waals surface area contributed by atoms with Crippen molar-refractivity contribution in [3.63, 3.8) is 0 Å². The van der Waals surface area contributed by atoms with Crippen molar-refractivity contribution >= 4 is 65.6 Å². The number of fused-ring (bicyclic) bond motifs is 1. The predicted molar refractivity (Wildman–Crippen MR) is 134 cm³/mol. The van der Waals surface area contributed by atoms with E-state index in [1.807, 2.05) is 18.2 Å². The van der Waals surface area contributed by atoms with Crippen LogP contribution in [0.25, 0.3) is 10.2 Å². The maximum atomic E-state index is 13.9. The molecule has 1 aromatic carbocycles. The Morgan fingerprint density at radius 2 is 2.12 bits per heavy atom. The fourth-order valence-corrected chi connectivity index (χ4v) is 8.67. The van der Waals surface area contributed by atoms with Crippen molar-refractivity contribution in [1.82, 2.24) is 9.29 Å². The van der Waals surface area contributed by atoms with Gasteiger partial charge in [0.1, 0.15) is 16.0 Å². The van der Waals surface area contributed by atoms with Crippen LogP contribution in [0.4, 0.5) is 5.13 Å². The molecule has 0 bridgehead atoms. The number of amides is 1. The van der Waals surface area contributed by atoms with Gasteiger partial charge in [0.2, 0.25) is 5.91 Å². The summed E-state index contributed by atoms with van der Waals surface area (Å²) in [5.41, 5.74) is 0.759. The Bertz CT molecular complexity index is 1300. The molecule has 8 nitrogen and oxygen atoms in total. The number of sulfonamides is 1. The van der Waals surface area contributed by atoms with Crippen LogP contribution >= 0.6 is 34.3 Å². The molecule has 34 heavy (non-hydrogen) atoms. The number of aromatic nitrogens is 1. The van der Waals surface area contributed by atoms with Crippen LogP contribution in [0.1, 0.15) is 25.7 Å². The lowest BCUT2D eigenvalue weighted by molar-refractivity contribution is -0.122. The van der Waals surface area contributed by atoms with Crippen LogP contribution in [0.15, 0.2) is 34.5 Å². The molecule has 0 radical (unpaired) electrons. The third-order valence-corrected chi connectivity index (χ3v) is 10.7. The van der Waals surface area contributed by atoms with Crippen molar-refractivity contribution in [1.29, 1.82) is 0 Å². The number of hydrogen-bond donors (Lipinski definition) is 0. The van der Waals surface area contributed by atoms with Crippen LogP contribution in [0, 0.1) is 0 Å². The standard InChI is InChI=1S/C22H24ClN3O5S3/c1-30-14-6-7-16-18(12-14)32-22(24-16)25(13-15-4-3-11-31-15)21(27)17-5-2-10-26(17)34(28,29)20-9-8-19(23)33-20/h6-9,12,15,17H,2-5,10-11,13H2,1H3. The predicted octanol–water partition coefficient (Wildman–Crippen LogP) is 4.39. The summed E-state index contributed by atoms with van der Waals surface area (Å²) in [6.45, 7) is 1.29. The van der Waals surface area contributed by atoms with Crippen LogP contribution in [-0.2, 0) is 19.6 Å². The van der Waals surface area contributed by atoms with Crippen LogP contribution < -0.4 is 9.64 Å². The number of benzene rings is 1. The number of ether oxygens (including phenoxy) is 2. The number of nitrogens with zero attached hydrogens (tertiary/aromatic N) is 3. The number of hydrogen-bond acceptors (Lipinski definition) is 8. The lowest BCUT2D eigenvalue weighted by Crippen LogP contribution is -2.49. The van der Waals surface area contributed by atoms with E-state index < -0.39 is 16.1 Å². The highest BCUT2D eigenvalue weighted by Crippen LogP contribution is 2.36. The molecule has 2 fully saturated rings. The van der Waals surface area contributed by atoms with E-state index in [1.165, 1.54) is 21.7 Å². The minimum absolute atomic E-state index is 0.104. The first-order valence-electron chi connectivity index (χ1n) is 11.0. The smallest absolute Gasteiger partial charge is 0.253 e. The van der Waals surface area contributed by atoms with Crippen molar-refractivity contribution in [2.75, 3.05) is 31.7 Å². The van der Waals surface area contributed by atoms with Gasteiger partial charge in [-0.15, -0.1) is 11.3 Å². The first-order valence-corrected chi connectivity index (χ1v) is 14.5. The number of carbonyl (C=O) groups is 1. The normalized spacial score (nSPS) is 21.4. The summed E-state index contributed by atoms with van der Waals surface area (Å²) in [6, 6.07) is 7.83. The lowest BCUT2D eigenvalue weighted by Gasteiger charge is -2.29. The SMILES string of the molecule is COc1ccc2nc(N(CC3CCCO3)C(=O)C3CCCN3S(=O)(=O)c3ccc(Cl)s3)sc2c1. The highest BCUT2D eigenvalue weighted by Gasteiger charge is 2.43. The van der Waals surface area contributed by atoms with Gasteiger partial charge in [-0.2, -0.15) is 4.31 Å². The van der Waals surface area contributed by atoms with Gasteiger partial charge in [0, 0.05) is 13.2 Å². The van der Waals surface area contributed by atoms with Crippen molar-refractivity contribution in [3.8, 4) is 5.75 Å². The highest BCUT2D eigenvalue weighted by molar-refractivity contribution is 7.91. The summed E-state index contributed by atoms with van der Waals surface area (Å²) in [6.07, 6.45) is 2.75. The molecular weight excluding hydrogens is 518 g/mol. The Balaban J connectivity index is 1.48. The van der Waals surface area contributed by atoms with Gasteiger partial charge in [0.15, 0.2) is 5.13 Å². The summed E-state index contributed by atoms with van der Waals surface area (Å²) in [5, 5.41) is 0.534. The van der Waals surface area contributed by atoms with Gasteiger partial charge >= 0.3 is 0 Å². The van der Waals surface area contributed by atoms with Gasteiger partial charge in [0.25, 0.3) is 10.0 Å². The van der Waals surface area contributed by atoms with Crippen LogP contribution in [0.2, 0.25) is 4.34 Å². The first kappa shape index (κ1) is 24.0. The number of rotatable bonds is 7. The minimum Gasteiger partial charge on any atom is -0.497 e. The first-order chi connectivity index (χ1) is 16.4. The number of thiophene rings is 1. The largest absolute Gasteiger partial charge is 0.497 e. The maximum Gasteiger partial charge on any atom is 0.253 e.